The fraction of sp³-hybridized carbons (Fsp3) is 0.565. The molecule has 7 nitrogen and oxygen atoms in total. The van der Waals surface area contributed by atoms with E-state index >= 15 is 0 Å². The molecule has 31 heavy (non-hydrogen) atoms. The average molecular weight is 541 g/mol. The fourth-order valence-corrected chi connectivity index (χ4v) is 3.60. The van der Waals surface area contributed by atoms with Crippen LogP contribution in [0.2, 0.25) is 0 Å². The van der Waals surface area contributed by atoms with Gasteiger partial charge in [0, 0.05) is 37.6 Å². The Morgan fingerprint density at radius 3 is 2.77 bits per heavy atom. The van der Waals surface area contributed by atoms with Gasteiger partial charge >= 0.3 is 0 Å². The molecule has 1 unspecified atom stereocenters. The summed E-state index contributed by atoms with van der Waals surface area (Å²) in [5.41, 5.74) is 4.37. The van der Waals surface area contributed by atoms with Gasteiger partial charge in [-0.05, 0) is 52.2 Å². The maximum atomic E-state index is 5.73. The summed E-state index contributed by atoms with van der Waals surface area (Å²) in [5.74, 6) is 0.822. The summed E-state index contributed by atoms with van der Waals surface area (Å²) in [7, 11) is 0. The molecule has 1 aromatic heterocycles. The summed E-state index contributed by atoms with van der Waals surface area (Å²) in [4.78, 5) is 4.77. The molecule has 2 heterocycles. The predicted octanol–water partition coefficient (Wildman–Crippen LogP) is 3.75. The lowest BCUT2D eigenvalue weighted by atomic mass is 10.2. The molecule has 1 aromatic carbocycles. The number of halogens is 1. The van der Waals surface area contributed by atoms with Crippen LogP contribution in [-0.4, -0.2) is 54.8 Å². The highest BCUT2D eigenvalue weighted by Gasteiger charge is 2.15. The Morgan fingerprint density at radius 2 is 2.06 bits per heavy atom. The van der Waals surface area contributed by atoms with Crippen LogP contribution in [0.15, 0.2) is 35.3 Å². The van der Waals surface area contributed by atoms with Crippen molar-refractivity contribution in [2.24, 2.45) is 4.99 Å². The normalized spacial score (nSPS) is 16.2. The van der Waals surface area contributed by atoms with Gasteiger partial charge in [0.05, 0.1) is 30.6 Å². The lowest BCUT2D eigenvalue weighted by molar-refractivity contribution is 0.0168. The van der Waals surface area contributed by atoms with Crippen molar-refractivity contribution in [2.45, 2.75) is 52.7 Å². The average Bonchev–Trinajstić information content (AvgIpc) is 3.37. The van der Waals surface area contributed by atoms with E-state index in [-0.39, 0.29) is 24.0 Å². The van der Waals surface area contributed by atoms with Crippen LogP contribution in [-0.2, 0) is 16.0 Å². The first-order chi connectivity index (χ1) is 14.7. The second-order valence-electron chi connectivity index (χ2n) is 7.58. The highest BCUT2D eigenvalue weighted by Crippen LogP contribution is 2.18. The molecule has 0 amide bonds. The van der Waals surface area contributed by atoms with Crippen molar-refractivity contribution in [3.05, 3.63) is 47.3 Å². The molecular formula is C23H36IN5O2. The van der Waals surface area contributed by atoms with Crippen molar-refractivity contribution >= 4 is 29.9 Å². The van der Waals surface area contributed by atoms with Gasteiger partial charge < -0.3 is 20.1 Å². The zero-order valence-electron chi connectivity index (χ0n) is 18.9. The van der Waals surface area contributed by atoms with E-state index in [4.69, 9.17) is 19.6 Å². The Bertz CT molecular complexity index is 804. The number of aliphatic imine (C=N–C) groups is 1. The van der Waals surface area contributed by atoms with Crippen LogP contribution < -0.4 is 10.6 Å². The number of para-hydroxylation sites is 1. The molecular weight excluding hydrogens is 505 g/mol. The van der Waals surface area contributed by atoms with Gasteiger partial charge in [0.15, 0.2) is 5.96 Å². The molecule has 2 aromatic rings. The predicted molar refractivity (Wildman–Crippen MR) is 136 cm³/mol. The molecule has 0 radical (unpaired) electrons. The van der Waals surface area contributed by atoms with Gasteiger partial charge in [0.2, 0.25) is 0 Å². The molecule has 1 saturated heterocycles. The summed E-state index contributed by atoms with van der Waals surface area (Å²) in [6, 6.07) is 10.2. The Hall–Kier alpha value is -1.65. The van der Waals surface area contributed by atoms with Crippen LogP contribution in [0.3, 0.4) is 0 Å². The molecule has 0 spiro atoms. The highest BCUT2D eigenvalue weighted by molar-refractivity contribution is 14.0. The van der Waals surface area contributed by atoms with Gasteiger partial charge in [-0.2, -0.15) is 5.10 Å². The van der Waals surface area contributed by atoms with E-state index in [2.05, 4.69) is 36.6 Å². The summed E-state index contributed by atoms with van der Waals surface area (Å²) >= 11 is 0. The second-order valence-corrected chi connectivity index (χ2v) is 7.58. The summed E-state index contributed by atoms with van der Waals surface area (Å²) in [6.45, 7) is 10.8. The first-order valence-corrected chi connectivity index (χ1v) is 11.0. The van der Waals surface area contributed by atoms with E-state index in [1.165, 1.54) is 0 Å². The first kappa shape index (κ1) is 25.6. The molecule has 0 bridgehead atoms. The number of hydrogen-bond donors (Lipinski definition) is 2. The summed E-state index contributed by atoms with van der Waals surface area (Å²) in [6.07, 6.45) is 3.50. The standard InChI is InChI=1S/C23H35N5O2.HI/c1-4-24-23(25-13-9-14-29-17-21-12-8-15-30-21)26-16-22-18(2)27-28(19(22)3)20-10-6-5-7-11-20;/h5-7,10-11,21H,4,8-9,12-17H2,1-3H3,(H2,24,25,26);1H. The van der Waals surface area contributed by atoms with Crippen molar-refractivity contribution in [3.63, 3.8) is 0 Å². The molecule has 172 valence electrons. The minimum Gasteiger partial charge on any atom is -0.379 e. The van der Waals surface area contributed by atoms with E-state index in [1.54, 1.807) is 0 Å². The monoisotopic (exact) mass is 541 g/mol. The number of hydrogen-bond acceptors (Lipinski definition) is 4. The molecule has 1 fully saturated rings. The molecule has 1 aliphatic heterocycles. The van der Waals surface area contributed by atoms with Crippen LogP contribution >= 0.6 is 24.0 Å². The maximum absolute atomic E-state index is 5.73. The van der Waals surface area contributed by atoms with Gasteiger partial charge in [-0.25, -0.2) is 9.67 Å². The minimum absolute atomic E-state index is 0. The highest BCUT2D eigenvalue weighted by atomic mass is 127. The van der Waals surface area contributed by atoms with Crippen molar-refractivity contribution < 1.29 is 9.47 Å². The molecule has 3 rings (SSSR count). The molecule has 1 atom stereocenters. The smallest absolute Gasteiger partial charge is 0.191 e. The van der Waals surface area contributed by atoms with Crippen molar-refractivity contribution in [2.75, 3.05) is 32.9 Å². The minimum atomic E-state index is 0. The van der Waals surface area contributed by atoms with Crippen molar-refractivity contribution in [1.82, 2.24) is 20.4 Å². The summed E-state index contributed by atoms with van der Waals surface area (Å²) < 4.78 is 13.3. The van der Waals surface area contributed by atoms with Crippen LogP contribution in [0.4, 0.5) is 0 Å². The van der Waals surface area contributed by atoms with E-state index < -0.39 is 0 Å². The van der Waals surface area contributed by atoms with Crippen molar-refractivity contribution in [1.29, 1.82) is 0 Å². The zero-order chi connectivity index (χ0) is 21.2. The third-order valence-electron chi connectivity index (χ3n) is 5.27. The quantitative estimate of drug-likeness (QED) is 0.208. The number of rotatable bonds is 10. The van der Waals surface area contributed by atoms with Crippen molar-refractivity contribution in [3.8, 4) is 5.69 Å². The molecule has 0 saturated carbocycles. The van der Waals surface area contributed by atoms with Gasteiger partial charge in [-0.1, -0.05) is 18.2 Å². The van der Waals surface area contributed by atoms with Crippen LogP contribution in [0.25, 0.3) is 5.69 Å². The van der Waals surface area contributed by atoms with E-state index in [0.29, 0.717) is 19.3 Å². The first-order valence-electron chi connectivity index (χ1n) is 11.0. The van der Waals surface area contributed by atoms with E-state index in [9.17, 15) is 0 Å². The molecule has 2 N–H and O–H groups in total. The number of aryl methyl sites for hydroxylation is 1. The Kier molecular flexibility index (Phi) is 11.3. The molecule has 8 heteroatoms. The Balaban J connectivity index is 0.00000341. The van der Waals surface area contributed by atoms with Gasteiger partial charge in [-0.15, -0.1) is 24.0 Å². The van der Waals surface area contributed by atoms with Crippen LogP contribution in [0.1, 0.15) is 43.1 Å². The number of nitrogens with one attached hydrogen (secondary N) is 2. The lowest BCUT2D eigenvalue weighted by Crippen LogP contribution is -2.38. The topological polar surface area (TPSA) is 72.7 Å². The summed E-state index contributed by atoms with van der Waals surface area (Å²) in [5, 5.41) is 11.4. The lowest BCUT2D eigenvalue weighted by Gasteiger charge is -2.13. The fourth-order valence-electron chi connectivity index (χ4n) is 3.60. The Morgan fingerprint density at radius 1 is 1.26 bits per heavy atom. The largest absolute Gasteiger partial charge is 0.379 e. The van der Waals surface area contributed by atoms with Crippen LogP contribution in [0.5, 0.6) is 0 Å². The Labute approximate surface area is 203 Å². The van der Waals surface area contributed by atoms with Crippen LogP contribution in [0, 0.1) is 13.8 Å². The third kappa shape index (κ3) is 7.76. The number of aromatic nitrogens is 2. The number of ether oxygens (including phenoxy) is 2. The van der Waals surface area contributed by atoms with E-state index in [0.717, 1.165) is 74.2 Å². The zero-order valence-corrected chi connectivity index (χ0v) is 21.2. The van der Waals surface area contributed by atoms with Gasteiger partial charge in [0.25, 0.3) is 0 Å². The molecule has 0 aliphatic carbocycles. The SMILES string of the molecule is CCNC(=NCc1c(C)nn(-c2ccccc2)c1C)NCCCOCC1CCCO1.I. The number of nitrogens with zero attached hydrogens (tertiary/aromatic N) is 3. The van der Waals surface area contributed by atoms with E-state index in [1.807, 2.05) is 29.8 Å². The van der Waals surface area contributed by atoms with Gasteiger partial charge in [0.1, 0.15) is 0 Å². The maximum Gasteiger partial charge on any atom is 0.191 e. The second kappa shape index (κ2) is 13.7. The van der Waals surface area contributed by atoms with Gasteiger partial charge in [-0.3, -0.25) is 0 Å². The third-order valence-corrected chi connectivity index (χ3v) is 5.27. The number of benzene rings is 1. The number of guanidine groups is 1. The molecule has 1 aliphatic rings.